The van der Waals surface area contributed by atoms with Crippen LogP contribution >= 0.6 is 15.9 Å². The van der Waals surface area contributed by atoms with E-state index in [4.69, 9.17) is 0 Å². The molecule has 0 N–H and O–H groups in total. The van der Waals surface area contributed by atoms with Crippen LogP contribution in [0.15, 0.2) is 40.9 Å². The summed E-state index contributed by atoms with van der Waals surface area (Å²) < 4.78 is 26.2. The Morgan fingerprint density at radius 3 is 2.63 bits per heavy atom. The maximum absolute atomic E-state index is 13.4. The molecule has 0 aliphatic rings. The fraction of sp³-hybridized carbons (Fsp3) is 0.133. The molecular formula is C15H11BrF2O. The van der Waals surface area contributed by atoms with E-state index >= 15 is 0 Å². The second-order valence-corrected chi connectivity index (χ2v) is 5.10. The summed E-state index contributed by atoms with van der Waals surface area (Å²) >= 11 is 2.92. The Kier molecular flexibility index (Phi) is 4.10. The first-order chi connectivity index (χ1) is 8.99. The van der Waals surface area contributed by atoms with E-state index in [9.17, 15) is 13.6 Å². The highest BCUT2D eigenvalue weighted by Gasteiger charge is 2.16. The van der Waals surface area contributed by atoms with Crippen LogP contribution in [0, 0.1) is 18.6 Å². The first-order valence-corrected chi connectivity index (χ1v) is 6.50. The maximum atomic E-state index is 13.4. The van der Waals surface area contributed by atoms with Crippen LogP contribution in [-0.4, -0.2) is 5.78 Å². The molecule has 0 spiro atoms. The molecule has 0 aliphatic heterocycles. The minimum absolute atomic E-state index is 0.120. The highest BCUT2D eigenvalue weighted by molar-refractivity contribution is 9.10. The van der Waals surface area contributed by atoms with Crippen molar-refractivity contribution >= 4 is 21.7 Å². The molecule has 0 amide bonds. The maximum Gasteiger partial charge on any atom is 0.173 e. The van der Waals surface area contributed by atoms with Crippen LogP contribution in [0.1, 0.15) is 21.5 Å². The summed E-state index contributed by atoms with van der Waals surface area (Å²) in [5.41, 5.74) is 2.05. The molecular weight excluding hydrogens is 314 g/mol. The predicted molar refractivity (Wildman–Crippen MR) is 73.3 cm³/mol. The lowest BCUT2D eigenvalue weighted by atomic mass is 10.0. The van der Waals surface area contributed by atoms with Gasteiger partial charge in [0.25, 0.3) is 0 Å². The van der Waals surface area contributed by atoms with Gasteiger partial charge < -0.3 is 0 Å². The fourth-order valence-corrected chi connectivity index (χ4v) is 2.39. The summed E-state index contributed by atoms with van der Waals surface area (Å²) in [4.78, 5) is 12.1. The molecule has 2 aromatic rings. The van der Waals surface area contributed by atoms with E-state index in [1.165, 1.54) is 6.07 Å². The molecule has 2 rings (SSSR count). The smallest absolute Gasteiger partial charge is 0.173 e. The second kappa shape index (κ2) is 5.61. The van der Waals surface area contributed by atoms with Gasteiger partial charge in [-0.1, -0.05) is 29.8 Å². The molecule has 0 unspecified atom stereocenters. The molecule has 0 fully saturated rings. The molecule has 0 heterocycles. The number of carbonyl (C=O) groups excluding carboxylic acids is 1. The number of ketones is 1. The normalized spacial score (nSPS) is 10.5. The summed E-state index contributed by atoms with van der Waals surface area (Å²) in [6.45, 7) is 1.93. The Morgan fingerprint density at radius 1 is 1.21 bits per heavy atom. The predicted octanol–water partition coefficient (Wildman–Crippen LogP) is 4.46. The standard InChI is InChI=1S/C15H11BrF2O/c1-9-3-2-4-10(7-9)8-13(19)11-5-6-12(17)15(18)14(11)16/h2-7H,8H2,1H3. The molecule has 0 radical (unpaired) electrons. The second-order valence-electron chi connectivity index (χ2n) is 4.31. The van der Waals surface area contributed by atoms with Crippen LogP contribution in [0.4, 0.5) is 8.78 Å². The lowest BCUT2D eigenvalue weighted by Gasteiger charge is -2.06. The third kappa shape index (κ3) is 3.07. The van der Waals surface area contributed by atoms with Gasteiger partial charge in [-0.2, -0.15) is 0 Å². The zero-order chi connectivity index (χ0) is 14.0. The molecule has 98 valence electrons. The molecule has 0 aromatic heterocycles. The number of carbonyl (C=O) groups is 1. The Bertz CT molecular complexity index is 638. The number of hydrogen-bond donors (Lipinski definition) is 0. The molecule has 19 heavy (non-hydrogen) atoms. The summed E-state index contributed by atoms with van der Waals surface area (Å²) in [5.74, 6) is -2.26. The average Bonchev–Trinajstić information content (AvgIpc) is 2.36. The van der Waals surface area contributed by atoms with Gasteiger partial charge in [-0.25, -0.2) is 8.78 Å². The lowest BCUT2D eigenvalue weighted by molar-refractivity contribution is 0.0991. The van der Waals surface area contributed by atoms with E-state index in [-0.39, 0.29) is 22.2 Å². The first kappa shape index (κ1) is 13.9. The monoisotopic (exact) mass is 324 g/mol. The van der Waals surface area contributed by atoms with Crippen LogP contribution in [0.5, 0.6) is 0 Å². The first-order valence-electron chi connectivity index (χ1n) is 5.71. The minimum atomic E-state index is -1.03. The number of hydrogen-bond acceptors (Lipinski definition) is 1. The van der Waals surface area contributed by atoms with E-state index < -0.39 is 11.6 Å². The lowest BCUT2D eigenvalue weighted by Crippen LogP contribution is -2.06. The van der Waals surface area contributed by atoms with Crippen molar-refractivity contribution < 1.29 is 13.6 Å². The van der Waals surface area contributed by atoms with Crippen molar-refractivity contribution in [2.45, 2.75) is 13.3 Å². The molecule has 1 nitrogen and oxygen atoms in total. The van der Waals surface area contributed by atoms with Gasteiger partial charge >= 0.3 is 0 Å². The molecule has 2 aromatic carbocycles. The molecule has 0 atom stereocenters. The summed E-state index contributed by atoms with van der Waals surface area (Å²) in [6, 6.07) is 9.77. The van der Waals surface area contributed by atoms with Gasteiger partial charge in [0, 0.05) is 12.0 Å². The molecule has 0 bridgehead atoms. The summed E-state index contributed by atoms with van der Waals surface area (Å²) in [6.07, 6.45) is 0.158. The van der Waals surface area contributed by atoms with Gasteiger partial charge in [0.05, 0.1) is 4.47 Å². The van der Waals surface area contributed by atoms with Crippen LogP contribution in [0.25, 0.3) is 0 Å². The van der Waals surface area contributed by atoms with Gasteiger partial charge in [-0.05, 0) is 40.5 Å². The van der Waals surface area contributed by atoms with Crippen LogP contribution < -0.4 is 0 Å². The molecule has 4 heteroatoms. The third-order valence-electron chi connectivity index (χ3n) is 2.78. The molecule has 0 saturated heterocycles. The number of rotatable bonds is 3. The zero-order valence-electron chi connectivity index (χ0n) is 10.2. The Hall–Kier alpha value is -1.55. The van der Waals surface area contributed by atoms with Crippen molar-refractivity contribution in [2.24, 2.45) is 0 Å². The third-order valence-corrected chi connectivity index (χ3v) is 3.56. The molecule has 0 saturated carbocycles. The highest BCUT2D eigenvalue weighted by atomic mass is 79.9. The zero-order valence-corrected chi connectivity index (χ0v) is 11.8. The van der Waals surface area contributed by atoms with Gasteiger partial charge in [-0.15, -0.1) is 0 Å². The quantitative estimate of drug-likeness (QED) is 0.601. The van der Waals surface area contributed by atoms with E-state index in [1.807, 2.05) is 31.2 Å². The van der Waals surface area contributed by atoms with Crippen LogP contribution in [0.3, 0.4) is 0 Å². The largest absolute Gasteiger partial charge is 0.294 e. The Labute approximate surface area is 118 Å². The fourth-order valence-electron chi connectivity index (χ4n) is 1.84. The Morgan fingerprint density at radius 2 is 1.95 bits per heavy atom. The van der Waals surface area contributed by atoms with Crippen molar-refractivity contribution in [2.75, 3.05) is 0 Å². The topological polar surface area (TPSA) is 17.1 Å². The van der Waals surface area contributed by atoms with Gasteiger partial charge in [0.15, 0.2) is 17.4 Å². The van der Waals surface area contributed by atoms with Crippen LogP contribution in [-0.2, 0) is 6.42 Å². The summed E-state index contributed by atoms with van der Waals surface area (Å²) in [7, 11) is 0. The number of aryl methyl sites for hydroxylation is 1. The minimum Gasteiger partial charge on any atom is -0.294 e. The number of Topliss-reactive ketones (excluding diaryl/α,β-unsaturated/α-hetero) is 1. The van der Waals surface area contributed by atoms with Crippen molar-refractivity contribution in [3.8, 4) is 0 Å². The van der Waals surface area contributed by atoms with Crippen molar-refractivity contribution in [1.82, 2.24) is 0 Å². The van der Waals surface area contributed by atoms with Crippen molar-refractivity contribution in [3.63, 3.8) is 0 Å². The van der Waals surface area contributed by atoms with E-state index in [2.05, 4.69) is 15.9 Å². The SMILES string of the molecule is Cc1cccc(CC(=O)c2ccc(F)c(F)c2Br)c1. The summed E-state index contributed by atoms with van der Waals surface area (Å²) in [5, 5.41) is 0. The van der Waals surface area contributed by atoms with E-state index in [0.29, 0.717) is 0 Å². The van der Waals surface area contributed by atoms with Gasteiger partial charge in [-0.3, -0.25) is 4.79 Å². The van der Waals surface area contributed by atoms with Gasteiger partial charge in [0.1, 0.15) is 0 Å². The average molecular weight is 325 g/mol. The van der Waals surface area contributed by atoms with Crippen molar-refractivity contribution in [3.05, 3.63) is 69.2 Å². The number of benzene rings is 2. The van der Waals surface area contributed by atoms with Gasteiger partial charge in [0.2, 0.25) is 0 Å². The number of halogens is 3. The molecule has 0 aliphatic carbocycles. The van der Waals surface area contributed by atoms with E-state index in [0.717, 1.165) is 17.2 Å². The van der Waals surface area contributed by atoms with Crippen molar-refractivity contribution in [1.29, 1.82) is 0 Å². The Balaban J connectivity index is 2.28. The highest BCUT2D eigenvalue weighted by Crippen LogP contribution is 2.24. The van der Waals surface area contributed by atoms with E-state index in [1.54, 1.807) is 0 Å². The van der Waals surface area contributed by atoms with Crippen LogP contribution in [0.2, 0.25) is 0 Å².